The van der Waals surface area contributed by atoms with E-state index in [0.29, 0.717) is 0 Å². The summed E-state index contributed by atoms with van der Waals surface area (Å²) >= 11 is 0.872. The van der Waals surface area contributed by atoms with Crippen LogP contribution in [0.1, 0.15) is 29.1 Å². The number of amides is 1. The quantitative estimate of drug-likeness (QED) is 0.788. The summed E-state index contributed by atoms with van der Waals surface area (Å²) in [5, 5.41) is 2.28. The summed E-state index contributed by atoms with van der Waals surface area (Å²) in [6.07, 6.45) is -0.566. The molecule has 1 N–H and O–H groups in total. The molecule has 0 rings (SSSR count). The lowest BCUT2D eigenvalue weighted by Gasteiger charge is -2.19. The Hall–Kier alpha value is -0.710. The molecule has 1 amide bonds. The van der Waals surface area contributed by atoms with Gasteiger partial charge in [0.15, 0.2) is 5.12 Å². The molecule has 0 aliphatic heterocycles. The fraction of sp³-hybridized carbons (Fsp3) is 0.778. The Morgan fingerprint density at radius 2 is 2.07 bits per heavy atom. The summed E-state index contributed by atoms with van der Waals surface area (Å²) in [4.78, 5) is 21.8. The van der Waals surface area contributed by atoms with Crippen LogP contribution in [0.4, 0.5) is 4.79 Å². The Morgan fingerprint density at radius 3 is 2.50 bits per heavy atom. The molecule has 0 aromatic heterocycles. The van der Waals surface area contributed by atoms with Crippen molar-refractivity contribution in [2.24, 2.45) is 0 Å². The van der Waals surface area contributed by atoms with Gasteiger partial charge in [-0.15, -0.1) is 0 Å². The first-order valence-electron chi connectivity index (χ1n) is 4.85. The van der Waals surface area contributed by atoms with E-state index in [1.807, 2.05) is 0 Å². The van der Waals surface area contributed by atoms with Gasteiger partial charge in [-0.2, -0.15) is 0 Å². The van der Waals surface area contributed by atoms with Crippen LogP contribution in [0.5, 0.6) is 0 Å². The number of alkyl carbamates (subject to hydrolysis) is 1. The van der Waals surface area contributed by atoms with Crippen LogP contribution in [-0.2, 0) is 9.53 Å². The lowest BCUT2D eigenvalue weighted by atomic mass is 10.2. The third kappa shape index (κ3) is 9.38. The summed E-state index contributed by atoms with van der Waals surface area (Å²) in [5.41, 5.74) is -1.23. The van der Waals surface area contributed by atoms with Gasteiger partial charge in [0.2, 0.25) is 0 Å². The van der Waals surface area contributed by atoms with Crippen molar-refractivity contribution in [1.82, 2.24) is 5.32 Å². The molecule has 0 heterocycles. The van der Waals surface area contributed by atoms with E-state index in [2.05, 4.69) is 5.32 Å². The van der Waals surface area contributed by atoms with E-state index in [9.17, 15) is 9.59 Å². The summed E-state index contributed by atoms with van der Waals surface area (Å²) in [7, 11) is 0. The lowest BCUT2D eigenvalue weighted by Crippen LogP contribution is -2.33. The molecule has 14 heavy (non-hydrogen) atoms. The van der Waals surface area contributed by atoms with E-state index in [-0.39, 0.29) is 11.7 Å². The Balaban J connectivity index is 3.76. The number of carbonyl (C=O) groups is 2. The molecule has 0 aromatic carbocycles. The van der Waals surface area contributed by atoms with Crippen molar-refractivity contribution >= 4 is 23.0 Å². The van der Waals surface area contributed by atoms with E-state index in [1.54, 1.807) is 20.8 Å². The van der Waals surface area contributed by atoms with E-state index in [0.717, 1.165) is 11.8 Å². The fourth-order valence-corrected chi connectivity index (χ4v) is 1.000. The highest BCUT2D eigenvalue weighted by atomic mass is 32.2. The van der Waals surface area contributed by atoms with Crippen LogP contribution in [0, 0.1) is 0 Å². The van der Waals surface area contributed by atoms with Crippen LogP contribution in [0.2, 0.25) is 0 Å². The SMILES string of the molecule is [2H]C(CNC(=O)OC(C)(C)C)SC(C)=O. The average Bonchev–Trinajstić information content (AvgIpc) is 1.96. The minimum atomic E-state index is -0.685. The van der Waals surface area contributed by atoms with Crippen molar-refractivity contribution in [1.29, 1.82) is 0 Å². The summed E-state index contributed by atoms with van der Waals surface area (Å²) < 4.78 is 12.4. The Kier molecular flexibility index (Phi) is 4.79. The van der Waals surface area contributed by atoms with Gasteiger partial charge in [0.1, 0.15) is 5.60 Å². The van der Waals surface area contributed by atoms with Crippen LogP contribution in [0.3, 0.4) is 0 Å². The molecule has 0 fully saturated rings. The van der Waals surface area contributed by atoms with Gasteiger partial charge in [0, 0.05) is 20.6 Å². The standard InChI is InChI=1S/C9H17NO3S/c1-7(11)14-6-5-10-8(12)13-9(2,3)4/h5-6H2,1-4H3,(H,10,12)/i6D. The Morgan fingerprint density at radius 1 is 1.50 bits per heavy atom. The molecule has 0 aliphatic carbocycles. The topological polar surface area (TPSA) is 55.4 Å². The molecule has 0 spiro atoms. The number of nitrogens with one attached hydrogen (secondary N) is 1. The molecule has 0 radical (unpaired) electrons. The van der Waals surface area contributed by atoms with Gasteiger partial charge in [-0.3, -0.25) is 4.79 Å². The van der Waals surface area contributed by atoms with Crippen LogP contribution < -0.4 is 5.32 Å². The third-order valence-electron chi connectivity index (χ3n) is 0.978. The smallest absolute Gasteiger partial charge is 0.407 e. The Bertz CT molecular complexity index is 240. The first-order chi connectivity index (χ1) is 6.70. The molecular weight excluding hydrogens is 202 g/mol. The van der Waals surface area contributed by atoms with Gasteiger partial charge in [-0.05, 0) is 20.8 Å². The van der Waals surface area contributed by atoms with Crippen molar-refractivity contribution < 1.29 is 15.7 Å². The van der Waals surface area contributed by atoms with Crippen LogP contribution in [0.25, 0.3) is 0 Å². The molecule has 0 bridgehead atoms. The minimum absolute atomic E-state index is 0.0964. The second-order valence-electron chi connectivity index (χ2n) is 3.66. The van der Waals surface area contributed by atoms with Gasteiger partial charge in [-0.25, -0.2) is 4.79 Å². The molecule has 0 saturated carbocycles. The number of hydrogen-bond acceptors (Lipinski definition) is 4. The summed E-state index contributed by atoms with van der Waals surface area (Å²) in [6.45, 7) is 6.76. The minimum Gasteiger partial charge on any atom is -0.444 e. The van der Waals surface area contributed by atoms with Crippen molar-refractivity contribution in [3.8, 4) is 0 Å². The summed E-state index contributed by atoms with van der Waals surface area (Å²) in [5.74, 6) is 0. The molecule has 4 nitrogen and oxygen atoms in total. The normalized spacial score (nSPS) is 14.1. The predicted octanol–water partition coefficient (Wildman–Crippen LogP) is 1.79. The van der Waals surface area contributed by atoms with Gasteiger partial charge in [0.05, 0.1) is 0 Å². The average molecular weight is 220 g/mol. The van der Waals surface area contributed by atoms with E-state index in [4.69, 9.17) is 6.11 Å². The van der Waals surface area contributed by atoms with E-state index >= 15 is 0 Å². The first kappa shape index (κ1) is 11.4. The van der Waals surface area contributed by atoms with Crippen molar-refractivity contribution in [2.45, 2.75) is 33.3 Å². The Labute approximate surface area is 90.2 Å². The highest BCUT2D eigenvalue weighted by Gasteiger charge is 2.15. The zero-order valence-electron chi connectivity index (χ0n) is 9.92. The molecule has 1 atom stereocenters. The van der Waals surface area contributed by atoms with Gasteiger partial charge in [0.25, 0.3) is 0 Å². The van der Waals surface area contributed by atoms with Crippen molar-refractivity contribution in [3.05, 3.63) is 0 Å². The second kappa shape index (κ2) is 5.90. The monoisotopic (exact) mass is 220 g/mol. The number of rotatable bonds is 3. The highest BCUT2D eigenvalue weighted by molar-refractivity contribution is 8.13. The largest absolute Gasteiger partial charge is 0.444 e. The molecular formula is C9H17NO3S. The van der Waals surface area contributed by atoms with Crippen molar-refractivity contribution in [3.63, 3.8) is 0 Å². The fourth-order valence-electron chi connectivity index (χ4n) is 0.598. The maximum absolute atomic E-state index is 11.1. The summed E-state index contributed by atoms with van der Waals surface area (Å²) in [6, 6.07) is 0. The van der Waals surface area contributed by atoms with Crippen LogP contribution in [0.15, 0.2) is 0 Å². The van der Waals surface area contributed by atoms with Crippen molar-refractivity contribution in [2.75, 3.05) is 12.3 Å². The highest BCUT2D eigenvalue weighted by Crippen LogP contribution is 2.06. The van der Waals surface area contributed by atoms with Crippen LogP contribution in [-0.4, -0.2) is 29.1 Å². The van der Waals surface area contributed by atoms with E-state index < -0.39 is 17.4 Å². The van der Waals surface area contributed by atoms with Crippen LogP contribution >= 0.6 is 11.8 Å². The predicted molar refractivity (Wildman–Crippen MR) is 57.4 cm³/mol. The zero-order chi connectivity index (χ0) is 12.1. The molecule has 0 aliphatic rings. The number of hydrogen-bond donors (Lipinski definition) is 1. The third-order valence-corrected chi connectivity index (χ3v) is 1.64. The molecule has 1 unspecified atom stereocenters. The number of thioether (sulfide) groups is 1. The molecule has 82 valence electrons. The first-order valence-corrected chi connectivity index (χ1v) is 5.15. The maximum atomic E-state index is 11.1. The van der Waals surface area contributed by atoms with Gasteiger partial charge < -0.3 is 10.1 Å². The second-order valence-corrected chi connectivity index (χ2v) is 4.80. The lowest BCUT2D eigenvalue weighted by molar-refractivity contribution is -0.109. The van der Waals surface area contributed by atoms with Gasteiger partial charge in [-0.1, -0.05) is 11.8 Å². The zero-order valence-corrected chi connectivity index (χ0v) is 9.73. The number of ether oxygens (including phenoxy) is 1. The molecule has 5 heteroatoms. The van der Waals surface area contributed by atoms with Gasteiger partial charge >= 0.3 is 6.09 Å². The van der Waals surface area contributed by atoms with E-state index in [1.165, 1.54) is 6.92 Å². The molecule has 0 aromatic rings. The maximum Gasteiger partial charge on any atom is 0.407 e. The molecule has 0 saturated heterocycles. The number of carbonyl (C=O) groups excluding carboxylic acids is 2.